The number of phenols is 1. The Morgan fingerprint density at radius 1 is 1.21 bits per heavy atom. The fourth-order valence-corrected chi connectivity index (χ4v) is 4.42. The van der Waals surface area contributed by atoms with Crippen molar-refractivity contribution in [1.82, 2.24) is 4.98 Å². The number of aromatic nitrogens is 1. The molecule has 1 atom stereocenters. The van der Waals surface area contributed by atoms with Gasteiger partial charge in [-0.2, -0.15) is 4.62 Å². The van der Waals surface area contributed by atoms with E-state index in [1.54, 1.807) is 25.3 Å². The van der Waals surface area contributed by atoms with Gasteiger partial charge in [0.15, 0.2) is 11.5 Å². The third kappa shape index (κ3) is 4.59. The summed E-state index contributed by atoms with van der Waals surface area (Å²) in [5.74, 6) is 0.983. The minimum absolute atomic E-state index is 0.0151. The lowest BCUT2D eigenvalue weighted by Gasteiger charge is -2.34. The first-order chi connectivity index (χ1) is 13.2. The van der Waals surface area contributed by atoms with Crippen LogP contribution in [0.5, 0.6) is 17.2 Å². The van der Waals surface area contributed by atoms with Crippen LogP contribution in [0.3, 0.4) is 0 Å². The number of hydrogen-bond acceptors (Lipinski definition) is 7. The Kier molecular flexibility index (Phi) is 6.96. The molecule has 1 aromatic carbocycles. The maximum absolute atomic E-state index is 13.9. The summed E-state index contributed by atoms with van der Waals surface area (Å²) in [4.78, 5) is 4.21. The fourth-order valence-electron chi connectivity index (χ4n) is 2.57. The number of ether oxygens (including phenoxy) is 1. The van der Waals surface area contributed by atoms with E-state index in [-0.39, 0.29) is 11.5 Å². The van der Waals surface area contributed by atoms with E-state index in [0.29, 0.717) is 30.0 Å². The van der Waals surface area contributed by atoms with E-state index in [9.17, 15) is 9.67 Å². The van der Waals surface area contributed by atoms with Crippen molar-refractivity contribution in [1.29, 1.82) is 0 Å². The molecule has 1 unspecified atom stereocenters. The molecule has 2 N–H and O–H groups in total. The molecule has 0 amide bonds. The molecule has 28 heavy (non-hydrogen) atoms. The molecule has 0 aliphatic rings. The summed E-state index contributed by atoms with van der Waals surface area (Å²) in [7, 11) is -2.25. The quantitative estimate of drug-likeness (QED) is 0.412. The Balaban J connectivity index is 2.37. The van der Waals surface area contributed by atoms with Gasteiger partial charge in [0.05, 0.1) is 12.3 Å². The highest BCUT2D eigenvalue weighted by atomic mass is 31.2. The third-order valence-electron chi connectivity index (χ3n) is 5.05. The molecule has 0 bridgehead atoms. The summed E-state index contributed by atoms with van der Waals surface area (Å²) >= 11 is 0. The smallest absolute Gasteiger partial charge is 0.406 e. The Hall–Kier alpha value is -2.24. The first-order valence-corrected chi connectivity index (χ1v) is 10.8. The standard InChI is InChI=1S/C20H29N2O5P/c1-7-20(5,8-2)28(24,27-22-18-10-9-14(3)13-21-18)26-16-11-15(4)19(23)17(12-16)25-6/h9-13,23H,7-8H2,1-6H3,(H,21,22). The first kappa shape index (κ1) is 22.1. The van der Waals surface area contributed by atoms with Crippen molar-refractivity contribution in [3.63, 3.8) is 0 Å². The number of anilines is 1. The van der Waals surface area contributed by atoms with Gasteiger partial charge in [-0.05, 0) is 56.9 Å². The van der Waals surface area contributed by atoms with E-state index >= 15 is 0 Å². The molecule has 2 aromatic rings. The maximum atomic E-state index is 13.9. The van der Waals surface area contributed by atoms with E-state index in [1.807, 2.05) is 33.8 Å². The highest BCUT2D eigenvalue weighted by Gasteiger charge is 2.47. The van der Waals surface area contributed by atoms with Gasteiger partial charge in [-0.25, -0.2) is 15.0 Å². The molecular weight excluding hydrogens is 379 g/mol. The molecule has 0 radical (unpaired) electrons. The molecule has 1 heterocycles. The van der Waals surface area contributed by atoms with Gasteiger partial charge in [0.1, 0.15) is 11.6 Å². The van der Waals surface area contributed by atoms with Crippen LogP contribution in [0.15, 0.2) is 30.5 Å². The van der Waals surface area contributed by atoms with Crippen molar-refractivity contribution < 1.29 is 23.6 Å². The number of benzene rings is 1. The molecule has 8 heteroatoms. The Bertz CT molecular complexity index is 850. The minimum Gasteiger partial charge on any atom is -0.504 e. The van der Waals surface area contributed by atoms with Gasteiger partial charge in [0.25, 0.3) is 0 Å². The monoisotopic (exact) mass is 408 g/mol. The predicted molar refractivity (Wildman–Crippen MR) is 110 cm³/mol. The van der Waals surface area contributed by atoms with E-state index in [0.717, 1.165) is 5.56 Å². The van der Waals surface area contributed by atoms with Crippen LogP contribution in [0.2, 0.25) is 0 Å². The summed E-state index contributed by atoms with van der Waals surface area (Å²) in [6, 6.07) is 6.71. The number of hydrogen-bond donors (Lipinski definition) is 2. The van der Waals surface area contributed by atoms with Gasteiger partial charge >= 0.3 is 7.60 Å². The molecule has 0 saturated carbocycles. The summed E-state index contributed by atoms with van der Waals surface area (Å²) in [6.07, 6.45) is 2.85. The van der Waals surface area contributed by atoms with Gasteiger partial charge in [0, 0.05) is 12.3 Å². The normalized spacial score (nSPS) is 13.6. The van der Waals surface area contributed by atoms with E-state index in [1.165, 1.54) is 13.2 Å². The molecule has 0 aliphatic carbocycles. The van der Waals surface area contributed by atoms with E-state index in [4.69, 9.17) is 13.9 Å². The Labute approximate surface area is 166 Å². The van der Waals surface area contributed by atoms with Gasteiger partial charge < -0.3 is 14.4 Å². The van der Waals surface area contributed by atoms with Crippen molar-refractivity contribution in [2.24, 2.45) is 0 Å². The summed E-state index contributed by atoms with van der Waals surface area (Å²) in [5, 5.41) is 9.31. The average molecular weight is 408 g/mol. The minimum atomic E-state index is -3.69. The lowest BCUT2D eigenvalue weighted by molar-refractivity contribution is 0.279. The second-order valence-corrected chi connectivity index (χ2v) is 9.44. The van der Waals surface area contributed by atoms with Crippen LogP contribution in [0.1, 0.15) is 44.7 Å². The Morgan fingerprint density at radius 2 is 1.89 bits per heavy atom. The van der Waals surface area contributed by atoms with Gasteiger partial charge in [0.2, 0.25) is 0 Å². The molecule has 0 fully saturated rings. The molecule has 2 rings (SSSR count). The van der Waals surface area contributed by atoms with Crippen LogP contribution in [-0.2, 0) is 9.19 Å². The molecular formula is C20H29N2O5P. The fraction of sp³-hybridized carbons (Fsp3) is 0.450. The van der Waals surface area contributed by atoms with Gasteiger partial charge in [-0.3, -0.25) is 0 Å². The number of nitrogens with one attached hydrogen (secondary N) is 1. The Morgan fingerprint density at radius 3 is 2.43 bits per heavy atom. The number of rotatable bonds is 9. The number of methoxy groups -OCH3 is 1. The second-order valence-electron chi connectivity index (χ2n) is 7.00. The zero-order valence-corrected chi connectivity index (χ0v) is 18.2. The number of nitrogens with zero attached hydrogens (tertiary/aromatic N) is 1. The number of aryl methyl sites for hydroxylation is 2. The van der Waals surface area contributed by atoms with Gasteiger partial charge in [-0.15, -0.1) is 0 Å². The summed E-state index contributed by atoms with van der Waals surface area (Å²) in [5.41, 5.74) is 4.23. The van der Waals surface area contributed by atoms with Crippen molar-refractivity contribution >= 4 is 13.4 Å². The highest BCUT2D eigenvalue weighted by molar-refractivity contribution is 7.56. The number of pyridine rings is 1. The zero-order chi connectivity index (χ0) is 20.9. The second kappa shape index (κ2) is 8.84. The van der Waals surface area contributed by atoms with Crippen LogP contribution < -0.4 is 14.7 Å². The first-order valence-electron chi connectivity index (χ1n) is 9.22. The van der Waals surface area contributed by atoms with Crippen LogP contribution in [0.4, 0.5) is 5.82 Å². The average Bonchev–Trinajstić information content (AvgIpc) is 2.69. The topological polar surface area (TPSA) is 89.9 Å². The van der Waals surface area contributed by atoms with Crippen molar-refractivity contribution in [3.05, 3.63) is 41.6 Å². The number of phenolic OH excluding ortho intramolecular Hbond substituents is 1. The molecule has 0 saturated heterocycles. The molecule has 0 aliphatic heterocycles. The molecule has 0 spiro atoms. The number of aromatic hydroxyl groups is 1. The van der Waals surface area contributed by atoms with Crippen molar-refractivity contribution in [2.45, 2.75) is 52.6 Å². The van der Waals surface area contributed by atoms with Crippen LogP contribution in [-0.4, -0.2) is 22.4 Å². The maximum Gasteiger partial charge on any atom is 0.406 e. The largest absolute Gasteiger partial charge is 0.504 e. The zero-order valence-electron chi connectivity index (χ0n) is 17.3. The van der Waals surface area contributed by atoms with E-state index in [2.05, 4.69) is 10.5 Å². The highest BCUT2D eigenvalue weighted by Crippen LogP contribution is 2.62. The molecule has 154 valence electrons. The lowest BCUT2D eigenvalue weighted by atomic mass is 10.1. The third-order valence-corrected chi connectivity index (χ3v) is 7.79. The van der Waals surface area contributed by atoms with Crippen molar-refractivity contribution in [2.75, 3.05) is 12.6 Å². The van der Waals surface area contributed by atoms with Gasteiger partial charge in [-0.1, -0.05) is 19.9 Å². The van der Waals surface area contributed by atoms with Crippen LogP contribution >= 0.6 is 7.60 Å². The van der Waals surface area contributed by atoms with Crippen molar-refractivity contribution in [3.8, 4) is 17.2 Å². The summed E-state index contributed by atoms with van der Waals surface area (Å²) < 4.78 is 30.6. The predicted octanol–water partition coefficient (Wildman–Crippen LogP) is 5.61. The van der Waals surface area contributed by atoms with E-state index < -0.39 is 12.8 Å². The molecule has 7 nitrogen and oxygen atoms in total. The van der Waals surface area contributed by atoms with Crippen LogP contribution in [0, 0.1) is 13.8 Å². The SMILES string of the molecule is CCC(C)(CC)P(=O)(ONc1ccc(C)cn1)Oc1cc(C)c(O)c(OC)c1. The lowest BCUT2D eigenvalue weighted by Crippen LogP contribution is -2.28. The molecule has 1 aromatic heterocycles. The summed E-state index contributed by atoms with van der Waals surface area (Å²) in [6.45, 7) is 9.38. The van der Waals surface area contributed by atoms with Crippen LogP contribution in [0.25, 0.3) is 0 Å².